The number of nitrogens with one attached hydrogen (secondary N) is 2. The molecular formula is C15H15N7O. The minimum Gasteiger partial charge on any atom is -0.352 e. The van der Waals surface area contributed by atoms with Gasteiger partial charge in [0.2, 0.25) is 5.95 Å². The van der Waals surface area contributed by atoms with Crippen molar-refractivity contribution in [2.75, 3.05) is 18.4 Å². The van der Waals surface area contributed by atoms with E-state index in [1.165, 1.54) is 0 Å². The minimum atomic E-state index is -0.162. The molecule has 3 heterocycles. The van der Waals surface area contributed by atoms with Gasteiger partial charge >= 0.3 is 0 Å². The Balaban J connectivity index is 1.53. The molecule has 0 aliphatic carbocycles. The quantitative estimate of drug-likeness (QED) is 0.657. The molecule has 0 atom stereocenters. The Kier molecular flexibility index (Phi) is 4.53. The summed E-state index contributed by atoms with van der Waals surface area (Å²) >= 11 is 0. The lowest BCUT2D eigenvalue weighted by Gasteiger charge is -2.08. The molecule has 1 amide bonds. The van der Waals surface area contributed by atoms with Crippen molar-refractivity contribution >= 4 is 11.9 Å². The van der Waals surface area contributed by atoms with E-state index in [9.17, 15) is 4.79 Å². The first-order valence-electron chi connectivity index (χ1n) is 7.06. The fourth-order valence-corrected chi connectivity index (χ4v) is 1.94. The van der Waals surface area contributed by atoms with E-state index in [0.29, 0.717) is 30.4 Å². The fraction of sp³-hybridized carbons (Fsp3) is 0.133. The average Bonchev–Trinajstić information content (AvgIpc) is 3.14. The highest BCUT2D eigenvalue weighted by Gasteiger charge is 2.07. The molecule has 0 saturated heterocycles. The molecule has 2 N–H and O–H groups in total. The number of hydrogen-bond acceptors (Lipinski definition) is 6. The van der Waals surface area contributed by atoms with Gasteiger partial charge in [-0.2, -0.15) is 0 Å². The Morgan fingerprint density at radius 3 is 2.74 bits per heavy atom. The van der Waals surface area contributed by atoms with Gasteiger partial charge < -0.3 is 10.6 Å². The fourth-order valence-electron chi connectivity index (χ4n) is 1.94. The molecule has 116 valence electrons. The summed E-state index contributed by atoms with van der Waals surface area (Å²) < 4.78 is 1.74. The summed E-state index contributed by atoms with van der Waals surface area (Å²) in [6.07, 6.45) is 9.97. The van der Waals surface area contributed by atoms with Crippen LogP contribution in [0.2, 0.25) is 0 Å². The average molecular weight is 309 g/mol. The second-order valence-corrected chi connectivity index (χ2v) is 4.63. The van der Waals surface area contributed by atoms with Crippen LogP contribution in [-0.4, -0.2) is 43.5 Å². The van der Waals surface area contributed by atoms with E-state index in [1.807, 2.05) is 0 Å². The van der Waals surface area contributed by atoms with E-state index >= 15 is 0 Å². The Bertz CT molecular complexity index is 759. The zero-order valence-electron chi connectivity index (χ0n) is 12.3. The van der Waals surface area contributed by atoms with Gasteiger partial charge in [-0.15, -0.1) is 0 Å². The molecule has 3 rings (SSSR count). The molecule has 0 spiro atoms. The first kappa shape index (κ1) is 14.6. The number of aromatic nitrogens is 5. The lowest BCUT2D eigenvalue weighted by Crippen LogP contribution is -2.29. The molecule has 23 heavy (non-hydrogen) atoms. The molecule has 3 aromatic heterocycles. The molecule has 0 bridgehead atoms. The monoisotopic (exact) mass is 309 g/mol. The molecule has 0 aliphatic heterocycles. The number of nitrogens with zero attached hydrogens (tertiary/aromatic N) is 5. The summed E-state index contributed by atoms with van der Waals surface area (Å²) in [4.78, 5) is 28.4. The summed E-state index contributed by atoms with van der Waals surface area (Å²) in [5, 5.41) is 5.86. The van der Waals surface area contributed by atoms with E-state index in [2.05, 4.69) is 30.6 Å². The Morgan fingerprint density at radius 2 is 1.96 bits per heavy atom. The van der Waals surface area contributed by atoms with Gasteiger partial charge in [-0.05, 0) is 18.2 Å². The van der Waals surface area contributed by atoms with Crippen molar-refractivity contribution in [3.8, 4) is 5.82 Å². The molecule has 8 heteroatoms. The van der Waals surface area contributed by atoms with Crippen molar-refractivity contribution in [2.24, 2.45) is 0 Å². The number of hydrogen-bond donors (Lipinski definition) is 2. The summed E-state index contributed by atoms with van der Waals surface area (Å²) in [6, 6.07) is 5.13. The van der Waals surface area contributed by atoms with Gasteiger partial charge in [0.1, 0.15) is 12.1 Å². The number of carbonyl (C=O) groups is 1. The van der Waals surface area contributed by atoms with Crippen LogP contribution in [0.4, 0.5) is 5.95 Å². The number of anilines is 1. The van der Waals surface area contributed by atoms with E-state index in [1.54, 1.807) is 60.1 Å². The van der Waals surface area contributed by atoms with Crippen molar-refractivity contribution in [1.29, 1.82) is 0 Å². The smallest absolute Gasteiger partial charge is 0.251 e. The van der Waals surface area contributed by atoms with Gasteiger partial charge in [-0.3, -0.25) is 9.36 Å². The SMILES string of the molecule is O=C(NCCNc1ncccn1)c1ccnc(-n2ccnc2)c1. The van der Waals surface area contributed by atoms with Crippen LogP contribution in [0.3, 0.4) is 0 Å². The molecule has 0 aliphatic rings. The van der Waals surface area contributed by atoms with E-state index in [0.717, 1.165) is 0 Å². The molecule has 3 aromatic rings. The van der Waals surface area contributed by atoms with Crippen LogP contribution in [-0.2, 0) is 0 Å². The first-order chi connectivity index (χ1) is 11.3. The van der Waals surface area contributed by atoms with Crippen molar-refractivity contribution < 1.29 is 4.79 Å². The van der Waals surface area contributed by atoms with Crippen LogP contribution < -0.4 is 10.6 Å². The van der Waals surface area contributed by atoms with Gasteiger partial charge in [0.15, 0.2) is 0 Å². The van der Waals surface area contributed by atoms with Crippen LogP contribution in [0, 0.1) is 0 Å². The zero-order valence-corrected chi connectivity index (χ0v) is 12.3. The Labute approximate surface area is 132 Å². The molecule has 8 nitrogen and oxygen atoms in total. The predicted molar refractivity (Wildman–Crippen MR) is 84.2 cm³/mol. The van der Waals surface area contributed by atoms with Crippen molar-refractivity contribution in [1.82, 2.24) is 29.8 Å². The van der Waals surface area contributed by atoms with Crippen LogP contribution >= 0.6 is 0 Å². The molecular weight excluding hydrogens is 294 g/mol. The number of carbonyl (C=O) groups excluding carboxylic acids is 1. The maximum absolute atomic E-state index is 12.2. The highest BCUT2D eigenvalue weighted by atomic mass is 16.1. The Morgan fingerprint density at radius 1 is 1.09 bits per heavy atom. The summed E-state index contributed by atoms with van der Waals surface area (Å²) in [5.74, 6) is 1.02. The third-order valence-electron chi connectivity index (χ3n) is 3.04. The summed E-state index contributed by atoms with van der Waals surface area (Å²) in [5.41, 5.74) is 0.541. The third kappa shape index (κ3) is 3.88. The van der Waals surface area contributed by atoms with Crippen molar-refractivity contribution in [3.05, 3.63) is 61.1 Å². The number of pyridine rings is 1. The van der Waals surface area contributed by atoms with Crippen LogP contribution in [0.15, 0.2) is 55.5 Å². The Hall–Kier alpha value is -3.29. The van der Waals surface area contributed by atoms with Crippen LogP contribution in [0.1, 0.15) is 10.4 Å². The number of imidazole rings is 1. The maximum atomic E-state index is 12.2. The van der Waals surface area contributed by atoms with E-state index in [-0.39, 0.29) is 5.91 Å². The summed E-state index contributed by atoms with van der Waals surface area (Å²) in [6.45, 7) is 0.995. The van der Waals surface area contributed by atoms with E-state index < -0.39 is 0 Å². The number of amides is 1. The maximum Gasteiger partial charge on any atom is 0.251 e. The molecule has 0 aromatic carbocycles. The van der Waals surface area contributed by atoms with Gasteiger partial charge in [0, 0.05) is 49.6 Å². The number of rotatable bonds is 6. The second-order valence-electron chi connectivity index (χ2n) is 4.63. The first-order valence-corrected chi connectivity index (χ1v) is 7.06. The van der Waals surface area contributed by atoms with Crippen LogP contribution in [0.25, 0.3) is 5.82 Å². The predicted octanol–water partition coefficient (Wildman–Crippen LogP) is 0.899. The highest BCUT2D eigenvalue weighted by molar-refractivity contribution is 5.94. The lowest BCUT2D eigenvalue weighted by atomic mass is 10.2. The standard InChI is InChI=1S/C15H15N7O/c23-14(18-6-7-21-15-19-3-1-4-20-15)12-2-5-17-13(10-12)22-9-8-16-11-22/h1-5,8-11H,6-7H2,(H,18,23)(H,19,20,21). The van der Waals surface area contributed by atoms with Gasteiger partial charge in [0.25, 0.3) is 5.91 Å². The van der Waals surface area contributed by atoms with Crippen LogP contribution in [0.5, 0.6) is 0 Å². The molecule has 0 unspecified atom stereocenters. The second kappa shape index (κ2) is 7.12. The lowest BCUT2D eigenvalue weighted by molar-refractivity contribution is 0.0955. The summed E-state index contributed by atoms with van der Waals surface area (Å²) in [7, 11) is 0. The van der Waals surface area contributed by atoms with Gasteiger partial charge in [-0.25, -0.2) is 19.9 Å². The topological polar surface area (TPSA) is 97.6 Å². The van der Waals surface area contributed by atoms with Gasteiger partial charge in [0.05, 0.1) is 0 Å². The molecule has 0 radical (unpaired) electrons. The minimum absolute atomic E-state index is 0.162. The largest absolute Gasteiger partial charge is 0.352 e. The van der Waals surface area contributed by atoms with Crippen molar-refractivity contribution in [2.45, 2.75) is 0 Å². The zero-order chi connectivity index (χ0) is 15.9. The molecule has 0 fully saturated rings. The third-order valence-corrected chi connectivity index (χ3v) is 3.04. The van der Waals surface area contributed by atoms with E-state index in [4.69, 9.17) is 0 Å². The highest BCUT2D eigenvalue weighted by Crippen LogP contribution is 2.06. The van der Waals surface area contributed by atoms with Gasteiger partial charge in [-0.1, -0.05) is 0 Å². The molecule has 0 saturated carbocycles. The van der Waals surface area contributed by atoms with Crippen molar-refractivity contribution in [3.63, 3.8) is 0 Å². The normalized spacial score (nSPS) is 10.3.